The van der Waals surface area contributed by atoms with E-state index < -0.39 is 37.8 Å². The second-order valence-electron chi connectivity index (χ2n) is 12.9. The number of aromatic nitrogens is 1. The van der Waals surface area contributed by atoms with E-state index in [0.717, 1.165) is 37.4 Å². The molecule has 4 aromatic rings. The van der Waals surface area contributed by atoms with Crippen molar-refractivity contribution in [3.05, 3.63) is 83.9 Å². The summed E-state index contributed by atoms with van der Waals surface area (Å²) in [6, 6.07) is 22.4. The molecule has 0 radical (unpaired) electrons. The Hall–Kier alpha value is -4.12. The lowest BCUT2D eigenvalue weighted by atomic mass is 9.76. The van der Waals surface area contributed by atoms with Gasteiger partial charge in [0, 0.05) is 55.4 Å². The van der Waals surface area contributed by atoms with Crippen molar-refractivity contribution < 1.29 is 39.3 Å². The molecular formula is C35H40BN5O8. The number of nitrogens with one attached hydrogen (secondary N) is 1. The Kier molecular flexibility index (Phi) is 9.30. The summed E-state index contributed by atoms with van der Waals surface area (Å²) in [4.78, 5) is 27.2. The minimum atomic E-state index is -2.12. The molecule has 5 N–H and O–H groups in total. The number of likely N-dealkylation sites (N-methyl/N-ethyl adjacent to an activating group) is 2. The summed E-state index contributed by atoms with van der Waals surface area (Å²) in [6.45, 7) is 3.26. The molecule has 3 aromatic carbocycles. The molecule has 0 bridgehead atoms. The van der Waals surface area contributed by atoms with Gasteiger partial charge in [-0.05, 0) is 42.8 Å². The Morgan fingerprint density at radius 1 is 1.08 bits per heavy atom. The minimum absolute atomic E-state index is 0.0251. The second kappa shape index (κ2) is 13.7. The fraction of sp³-hybridized carbons (Fsp3) is 0.371. The van der Waals surface area contributed by atoms with Crippen LogP contribution >= 0.6 is 0 Å². The third kappa shape index (κ3) is 6.61. The van der Waals surface area contributed by atoms with E-state index in [1.54, 1.807) is 24.1 Å². The average molecular weight is 670 g/mol. The molecule has 0 aliphatic carbocycles. The number of aromatic hydroxyl groups is 1. The van der Waals surface area contributed by atoms with Gasteiger partial charge in [0.05, 0.1) is 36.7 Å². The number of carbonyl (C=O) groups excluding carboxylic acids is 1. The lowest BCUT2D eigenvalue weighted by Gasteiger charge is -2.32. The summed E-state index contributed by atoms with van der Waals surface area (Å²) >= 11 is 0. The average Bonchev–Trinajstić information content (AvgIpc) is 3.59. The standard InChI is InChI=1S/C35H40BN5O8/c1-39-14-16-41(17-15-39)19-29(43)40(2)25-11-9-24(10-12-25)37-31(22-6-4-3-5-7-22)30-26-13-8-23(18-27(26)38-34(30)45)36-47-20-28-32(49-36)33(44)35(46,21-42)48-28/h3-13,18,28,32-33,38,42,44-46H,14-17,19-21H2,1-2H3/t28-,32-,33+,35+/m1/s1. The zero-order valence-electron chi connectivity index (χ0n) is 27.4. The zero-order chi connectivity index (χ0) is 34.3. The van der Waals surface area contributed by atoms with Crippen LogP contribution in [-0.4, -0.2) is 138 Å². The van der Waals surface area contributed by atoms with E-state index in [9.17, 15) is 25.2 Å². The highest BCUT2D eigenvalue weighted by Gasteiger charge is 2.57. The monoisotopic (exact) mass is 669 g/mol. The number of hydrogen-bond donors (Lipinski definition) is 5. The van der Waals surface area contributed by atoms with E-state index in [1.165, 1.54) is 0 Å². The van der Waals surface area contributed by atoms with Gasteiger partial charge in [-0.25, -0.2) is 4.99 Å². The minimum Gasteiger partial charge on any atom is -0.494 e. The van der Waals surface area contributed by atoms with Crippen molar-refractivity contribution in [2.24, 2.45) is 4.99 Å². The molecule has 14 heteroatoms. The highest BCUT2D eigenvalue weighted by atomic mass is 16.7. The van der Waals surface area contributed by atoms with Gasteiger partial charge < -0.3 is 49.3 Å². The van der Waals surface area contributed by atoms with Crippen LogP contribution in [0.25, 0.3) is 10.9 Å². The van der Waals surface area contributed by atoms with E-state index in [4.69, 9.17) is 19.0 Å². The number of rotatable bonds is 8. The Morgan fingerprint density at radius 2 is 1.82 bits per heavy atom. The number of anilines is 1. The van der Waals surface area contributed by atoms with E-state index in [0.29, 0.717) is 39.9 Å². The van der Waals surface area contributed by atoms with Crippen LogP contribution in [0.3, 0.4) is 0 Å². The van der Waals surface area contributed by atoms with Crippen molar-refractivity contribution in [2.45, 2.75) is 24.1 Å². The lowest BCUT2D eigenvalue weighted by molar-refractivity contribution is -0.247. The summed E-state index contributed by atoms with van der Waals surface area (Å²) < 4.78 is 17.2. The fourth-order valence-electron chi connectivity index (χ4n) is 6.59. The van der Waals surface area contributed by atoms with Crippen molar-refractivity contribution in [2.75, 3.05) is 64.9 Å². The van der Waals surface area contributed by atoms with Crippen molar-refractivity contribution in [1.29, 1.82) is 0 Å². The predicted molar refractivity (Wildman–Crippen MR) is 185 cm³/mol. The number of carbonyl (C=O) groups is 1. The first-order chi connectivity index (χ1) is 23.6. The van der Waals surface area contributed by atoms with Crippen molar-refractivity contribution in [1.82, 2.24) is 14.8 Å². The number of aliphatic imine (C=N–C) groups is 1. The molecule has 0 spiro atoms. The van der Waals surface area contributed by atoms with Crippen LogP contribution in [0.5, 0.6) is 5.88 Å². The van der Waals surface area contributed by atoms with Crippen LogP contribution < -0.4 is 10.4 Å². The Bertz CT molecular complexity index is 1830. The van der Waals surface area contributed by atoms with Gasteiger partial charge in [-0.15, -0.1) is 0 Å². The number of benzene rings is 3. The molecule has 3 saturated heterocycles. The van der Waals surface area contributed by atoms with Gasteiger partial charge in [0.25, 0.3) is 0 Å². The van der Waals surface area contributed by atoms with Gasteiger partial charge >= 0.3 is 7.12 Å². The summed E-state index contributed by atoms with van der Waals surface area (Å²) in [5, 5.41) is 42.4. The molecule has 0 saturated carbocycles. The smallest absolute Gasteiger partial charge is 0.494 e. The van der Waals surface area contributed by atoms with Crippen molar-refractivity contribution in [3.8, 4) is 5.88 Å². The molecule has 3 aliphatic rings. The second-order valence-corrected chi connectivity index (χ2v) is 12.9. The number of ether oxygens (including phenoxy) is 1. The summed E-state index contributed by atoms with van der Waals surface area (Å²) in [5.41, 5.74) is 4.48. The van der Waals surface area contributed by atoms with E-state index >= 15 is 0 Å². The van der Waals surface area contributed by atoms with Crippen LogP contribution in [0.4, 0.5) is 11.4 Å². The lowest BCUT2D eigenvalue weighted by Crippen LogP contribution is -2.54. The molecule has 256 valence electrons. The number of piperazine rings is 1. The SMILES string of the molecule is CN1CCN(CC(=O)N(C)c2ccc(N=C(c3ccccc3)c3c(O)[nH]c4cc(B5OC[C@H]6O[C@@](O)(CO)[C@@H](O)[C@@H]6O5)ccc34)cc2)CC1. The number of aliphatic hydroxyl groups is 3. The van der Waals surface area contributed by atoms with Gasteiger partial charge in [0.15, 0.2) is 5.88 Å². The Morgan fingerprint density at radius 3 is 2.53 bits per heavy atom. The van der Waals surface area contributed by atoms with Gasteiger partial charge in [0.1, 0.15) is 18.3 Å². The quantitative estimate of drug-likeness (QED) is 0.134. The van der Waals surface area contributed by atoms with Gasteiger partial charge in [-0.3, -0.25) is 9.69 Å². The summed E-state index contributed by atoms with van der Waals surface area (Å²) in [6.07, 6.45) is -3.10. The molecule has 0 unspecified atom stereocenters. The van der Waals surface area contributed by atoms with Crippen molar-refractivity contribution in [3.63, 3.8) is 0 Å². The molecule has 4 heterocycles. The molecule has 3 fully saturated rings. The normalized spacial score (nSPS) is 25.1. The predicted octanol–water partition coefficient (Wildman–Crippen LogP) is 0.804. The number of aliphatic hydroxyl groups excluding tert-OH is 2. The van der Waals surface area contributed by atoms with E-state index in [1.807, 2.05) is 60.7 Å². The van der Waals surface area contributed by atoms with Crippen molar-refractivity contribution >= 4 is 46.5 Å². The topological polar surface area (TPSA) is 164 Å². The van der Waals surface area contributed by atoms with Crippen LogP contribution in [0, 0.1) is 0 Å². The maximum Gasteiger partial charge on any atom is 0.494 e. The first-order valence-corrected chi connectivity index (χ1v) is 16.4. The summed E-state index contributed by atoms with van der Waals surface area (Å²) in [5.74, 6) is -2.17. The highest BCUT2D eigenvalue weighted by molar-refractivity contribution is 6.61. The fourth-order valence-corrected chi connectivity index (χ4v) is 6.59. The first-order valence-electron chi connectivity index (χ1n) is 16.4. The maximum absolute atomic E-state index is 13.0. The molecule has 49 heavy (non-hydrogen) atoms. The largest absolute Gasteiger partial charge is 0.494 e. The molecule has 7 rings (SSSR count). The number of amides is 1. The molecule has 13 nitrogen and oxygen atoms in total. The van der Waals surface area contributed by atoms with E-state index in [-0.39, 0.29) is 18.4 Å². The van der Waals surface area contributed by atoms with Gasteiger partial charge in [-0.1, -0.05) is 42.5 Å². The third-order valence-electron chi connectivity index (χ3n) is 9.58. The molecule has 3 aliphatic heterocycles. The van der Waals surface area contributed by atoms with E-state index in [2.05, 4.69) is 21.8 Å². The number of H-pyrrole nitrogens is 1. The molecule has 4 atom stereocenters. The Balaban J connectivity index is 1.14. The van der Waals surface area contributed by atoms with Gasteiger partial charge in [0.2, 0.25) is 11.7 Å². The number of nitrogens with zero attached hydrogens (tertiary/aromatic N) is 4. The number of fused-ring (bicyclic) bond motifs is 2. The molecule has 1 amide bonds. The van der Waals surface area contributed by atoms with Crippen LogP contribution in [0.1, 0.15) is 11.1 Å². The first kappa shape index (κ1) is 33.4. The van der Waals surface area contributed by atoms with Crippen LogP contribution in [0.2, 0.25) is 0 Å². The zero-order valence-corrected chi connectivity index (χ0v) is 27.4. The number of aromatic amines is 1. The van der Waals surface area contributed by atoms with Gasteiger partial charge in [-0.2, -0.15) is 0 Å². The Labute approximate surface area is 284 Å². The maximum atomic E-state index is 13.0. The molecule has 1 aromatic heterocycles. The van der Waals surface area contributed by atoms with Crippen LogP contribution in [0.15, 0.2) is 77.8 Å². The molecular weight excluding hydrogens is 629 g/mol. The number of hydrogen-bond acceptors (Lipinski definition) is 11. The third-order valence-corrected chi connectivity index (χ3v) is 9.58. The summed E-state index contributed by atoms with van der Waals surface area (Å²) in [7, 11) is 2.99. The van der Waals surface area contributed by atoms with Crippen LogP contribution in [-0.2, 0) is 18.8 Å². The highest BCUT2D eigenvalue weighted by Crippen LogP contribution is 2.35.